The summed E-state index contributed by atoms with van der Waals surface area (Å²) in [6.07, 6.45) is 1.56. The van der Waals surface area contributed by atoms with Crippen LogP contribution in [0, 0.1) is 0 Å². The van der Waals surface area contributed by atoms with Crippen LogP contribution in [0.15, 0.2) is 89.2 Å². The van der Waals surface area contributed by atoms with Crippen molar-refractivity contribution in [1.82, 2.24) is 14.6 Å². The number of hydrogen-bond acceptors (Lipinski definition) is 7. The van der Waals surface area contributed by atoms with Gasteiger partial charge in [0.25, 0.3) is 0 Å². The van der Waals surface area contributed by atoms with E-state index in [4.69, 9.17) is 10.2 Å². The van der Waals surface area contributed by atoms with Crippen molar-refractivity contribution in [2.45, 2.75) is 0 Å². The zero-order valence-electron chi connectivity index (χ0n) is 15.7. The second kappa shape index (κ2) is 7.71. The van der Waals surface area contributed by atoms with Crippen LogP contribution < -0.4 is 11.4 Å². The normalized spacial score (nSPS) is 11.7. The summed E-state index contributed by atoms with van der Waals surface area (Å²) in [5.74, 6) is 0.147. The van der Waals surface area contributed by atoms with E-state index in [0.717, 1.165) is 14.3 Å². The third kappa shape index (κ3) is 3.64. The molecule has 0 saturated carbocycles. The van der Waals surface area contributed by atoms with Crippen LogP contribution in [0.1, 0.15) is 0 Å². The minimum atomic E-state index is -0.491. The van der Waals surface area contributed by atoms with Gasteiger partial charge < -0.3 is 10.2 Å². The van der Waals surface area contributed by atoms with Crippen molar-refractivity contribution in [3.05, 3.63) is 80.2 Å². The highest BCUT2D eigenvalue weighted by Crippen LogP contribution is 2.31. The lowest BCUT2D eigenvalue weighted by atomic mass is 10.1. The summed E-state index contributed by atoms with van der Waals surface area (Å²) in [7, 11) is 0. The third-order valence-electron chi connectivity index (χ3n) is 4.58. The van der Waals surface area contributed by atoms with Crippen LogP contribution in [-0.4, -0.2) is 14.6 Å². The Morgan fingerprint density at radius 2 is 1.74 bits per heavy atom. The Balaban J connectivity index is 1.66. The summed E-state index contributed by atoms with van der Waals surface area (Å²) >= 11 is 6.82. The van der Waals surface area contributed by atoms with Crippen LogP contribution in [0.4, 0.5) is 17.2 Å². The van der Waals surface area contributed by atoms with E-state index in [9.17, 15) is 4.79 Å². The molecule has 152 valence electrons. The average molecular weight is 540 g/mol. The molecule has 0 bridgehead atoms. The fourth-order valence-corrected chi connectivity index (χ4v) is 3.78. The first-order valence-corrected chi connectivity index (χ1v) is 10.6. The molecule has 0 radical (unpaired) electrons. The summed E-state index contributed by atoms with van der Waals surface area (Å²) in [5.41, 5.74) is 8.26. The van der Waals surface area contributed by atoms with Gasteiger partial charge in [0.2, 0.25) is 0 Å². The molecule has 3 aromatic heterocycles. The van der Waals surface area contributed by atoms with Crippen LogP contribution in [-0.2, 0) is 0 Å². The Bertz CT molecular complexity index is 1540. The van der Waals surface area contributed by atoms with Gasteiger partial charge in [-0.2, -0.15) is 5.11 Å². The fraction of sp³-hybridized carbons (Fsp3) is 0. The second-order valence-electron chi connectivity index (χ2n) is 6.61. The van der Waals surface area contributed by atoms with E-state index in [0.29, 0.717) is 33.9 Å². The molecule has 0 aliphatic rings. The fourth-order valence-electron chi connectivity index (χ4n) is 3.14. The van der Waals surface area contributed by atoms with E-state index in [1.54, 1.807) is 24.4 Å². The SMILES string of the molecule is Nc1nn2c(-c3cc4cc(Br)ccc4oc3=O)ccnc2c1N=Nc1ccc(Br)cc1. The summed E-state index contributed by atoms with van der Waals surface area (Å²) in [6.45, 7) is 0. The molecule has 0 atom stereocenters. The highest BCUT2D eigenvalue weighted by molar-refractivity contribution is 9.10. The van der Waals surface area contributed by atoms with Gasteiger partial charge in [0.05, 0.1) is 16.9 Å². The predicted molar refractivity (Wildman–Crippen MR) is 125 cm³/mol. The molecule has 8 nitrogen and oxygen atoms in total. The number of nitrogens with two attached hydrogens (primary N) is 1. The maximum Gasteiger partial charge on any atom is 0.345 e. The number of halogens is 2. The first-order valence-electron chi connectivity index (χ1n) is 9.04. The number of azo groups is 1. The molecule has 0 fully saturated rings. The highest BCUT2D eigenvalue weighted by Gasteiger charge is 2.17. The molecule has 2 N–H and O–H groups in total. The van der Waals surface area contributed by atoms with Gasteiger partial charge >= 0.3 is 5.63 Å². The Hall–Kier alpha value is -3.37. The lowest BCUT2D eigenvalue weighted by molar-refractivity contribution is 0.562. The van der Waals surface area contributed by atoms with Gasteiger partial charge in [-0.1, -0.05) is 31.9 Å². The number of rotatable bonds is 3. The maximum atomic E-state index is 12.7. The number of anilines is 1. The largest absolute Gasteiger partial charge is 0.422 e. The summed E-state index contributed by atoms with van der Waals surface area (Å²) < 4.78 is 8.77. The zero-order valence-corrected chi connectivity index (χ0v) is 18.8. The molecule has 3 heterocycles. The summed E-state index contributed by atoms with van der Waals surface area (Å²) in [4.78, 5) is 17.0. The molecule has 5 rings (SSSR count). The van der Waals surface area contributed by atoms with Crippen LogP contribution in [0.25, 0.3) is 27.9 Å². The number of benzene rings is 2. The van der Waals surface area contributed by atoms with Gasteiger partial charge in [-0.15, -0.1) is 10.2 Å². The van der Waals surface area contributed by atoms with Crippen LogP contribution in [0.2, 0.25) is 0 Å². The maximum absolute atomic E-state index is 12.7. The number of fused-ring (bicyclic) bond motifs is 2. The topological polar surface area (TPSA) is 111 Å². The lowest BCUT2D eigenvalue weighted by Gasteiger charge is -2.05. The van der Waals surface area contributed by atoms with Gasteiger partial charge in [0.1, 0.15) is 5.58 Å². The van der Waals surface area contributed by atoms with Crippen molar-refractivity contribution in [3.63, 3.8) is 0 Å². The molecule has 10 heteroatoms. The van der Waals surface area contributed by atoms with Crippen LogP contribution in [0.3, 0.4) is 0 Å². The number of hydrogen-bond donors (Lipinski definition) is 1. The Morgan fingerprint density at radius 1 is 0.968 bits per heavy atom. The monoisotopic (exact) mass is 538 g/mol. The zero-order chi connectivity index (χ0) is 21.5. The van der Waals surface area contributed by atoms with Crippen LogP contribution in [0.5, 0.6) is 0 Å². The van der Waals surface area contributed by atoms with E-state index >= 15 is 0 Å². The van der Waals surface area contributed by atoms with E-state index in [1.807, 2.05) is 36.4 Å². The standard InChI is InChI=1S/C21H12Br2N6O2/c22-12-1-4-14(5-2-12)26-27-18-19(24)28-29-16(7-8-25-20(18)29)15-10-11-9-13(23)3-6-17(11)31-21(15)30/h1-10H,(H2,24,28). The number of aromatic nitrogens is 3. The van der Waals surface area contributed by atoms with Crippen molar-refractivity contribution in [3.8, 4) is 11.3 Å². The molecule has 0 spiro atoms. The van der Waals surface area contributed by atoms with E-state index in [2.05, 4.69) is 52.2 Å². The minimum absolute atomic E-state index is 0.147. The summed E-state index contributed by atoms with van der Waals surface area (Å²) in [5, 5.41) is 13.6. The van der Waals surface area contributed by atoms with Gasteiger partial charge in [-0.25, -0.2) is 14.3 Å². The molecule has 0 aliphatic heterocycles. The molecular formula is C21H12Br2N6O2. The Labute approximate surface area is 191 Å². The van der Waals surface area contributed by atoms with Crippen molar-refractivity contribution >= 4 is 65.7 Å². The smallest absolute Gasteiger partial charge is 0.345 e. The Kier molecular flexibility index (Phi) is 4.87. The van der Waals surface area contributed by atoms with Gasteiger partial charge in [0.15, 0.2) is 17.2 Å². The first-order chi connectivity index (χ1) is 15.0. The quantitative estimate of drug-likeness (QED) is 0.222. The first kappa shape index (κ1) is 19.6. The molecular weight excluding hydrogens is 528 g/mol. The average Bonchev–Trinajstić information content (AvgIpc) is 3.08. The number of nitrogens with zero attached hydrogens (tertiary/aromatic N) is 5. The number of nitrogen functional groups attached to an aromatic ring is 1. The van der Waals surface area contributed by atoms with Crippen LogP contribution >= 0.6 is 31.9 Å². The molecule has 0 saturated heterocycles. The second-order valence-corrected chi connectivity index (χ2v) is 8.44. The van der Waals surface area contributed by atoms with Gasteiger partial charge in [-0.05, 0) is 54.6 Å². The molecule has 31 heavy (non-hydrogen) atoms. The highest BCUT2D eigenvalue weighted by atomic mass is 79.9. The third-order valence-corrected chi connectivity index (χ3v) is 5.60. The molecule has 0 amide bonds. The minimum Gasteiger partial charge on any atom is -0.422 e. The summed E-state index contributed by atoms with van der Waals surface area (Å²) in [6, 6.07) is 16.2. The van der Waals surface area contributed by atoms with Gasteiger partial charge in [0, 0.05) is 20.5 Å². The van der Waals surface area contributed by atoms with Crippen molar-refractivity contribution < 1.29 is 4.42 Å². The Morgan fingerprint density at radius 3 is 2.55 bits per heavy atom. The van der Waals surface area contributed by atoms with Crippen molar-refractivity contribution in [2.75, 3.05) is 5.73 Å². The van der Waals surface area contributed by atoms with E-state index < -0.39 is 5.63 Å². The van der Waals surface area contributed by atoms with Crippen molar-refractivity contribution in [2.24, 2.45) is 10.2 Å². The van der Waals surface area contributed by atoms with E-state index in [-0.39, 0.29) is 5.82 Å². The molecule has 5 aromatic rings. The molecule has 0 aliphatic carbocycles. The lowest BCUT2D eigenvalue weighted by Crippen LogP contribution is -2.07. The van der Waals surface area contributed by atoms with Crippen molar-refractivity contribution in [1.29, 1.82) is 0 Å². The molecule has 2 aromatic carbocycles. The van der Waals surface area contributed by atoms with Gasteiger partial charge in [-0.3, -0.25) is 0 Å². The molecule has 0 unspecified atom stereocenters. The van der Waals surface area contributed by atoms with E-state index in [1.165, 1.54) is 4.52 Å². The predicted octanol–water partition coefficient (Wildman–Crippen LogP) is 6.03.